The van der Waals surface area contributed by atoms with Gasteiger partial charge in [0.25, 0.3) is 6.47 Å². The van der Waals surface area contributed by atoms with Crippen molar-refractivity contribution in [2.24, 2.45) is 0 Å². The van der Waals surface area contributed by atoms with Crippen LogP contribution in [-0.4, -0.2) is 21.7 Å². The Balaban J connectivity index is 0.000000152. The number of carbonyl (C=O) groups is 1. The molecule has 0 saturated heterocycles. The number of nitrogens with one attached hydrogen (secondary N) is 1. The molecule has 0 aliphatic heterocycles. The summed E-state index contributed by atoms with van der Waals surface area (Å²) in [6.45, 7) is 5.92. The average Bonchev–Trinajstić information content (AvgIpc) is 2.72. The van der Waals surface area contributed by atoms with E-state index in [1.807, 2.05) is 25.3 Å². The number of rotatable bonds is 1. The van der Waals surface area contributed by atoms with E-state index in [4.69, 9.17) is 5.73 Å². The zero-order chi connectivity index (χ0) is 13.5. The molecule has 4 rings (SSSR count). The molecular weight excluding hydrogens is 234 g/mol. The van der Waals surface area contributed by atoms with Gasteiger partial charge in [0.05, 0.1) is 16.4 Å². The summed E-state index contributed by atoms with van der Waals surface area (Å²) in [5.41, 5.74) is 7.13. The standard InChI is InChI=1S/C7H5N3O.C5H10O2/c8-7-6-4-1-3(11)2-5(6)10(4)9-7;1-5(2,3)7-4-6/h1-2,9H,8H2;4H,1-3H3. The molecule has 0 spiro atoms. The van der Waals surface area contributed by atoms with E-state index in [-0.39, 0.29) is 11.0 Å². The van der Waals surface area contributed by atoms with Gasteiger partial charge in [-0.15, -0.1) is 0 Å². The fourth-order valence-electron chi connectivity index (χ4n) is 1.73. The highest BCUT2D eigenvalue weighted by molar-refractivity contribution is 6.09. The molecule has 6 nitrogen and oxygen atoms in total. The van der Waals surface area contributed by atoms with E-state index in [0.717, 1.165) is 16.4 Å². The SMILES string of the molecule is CC(C)(C)OC=O.Nc1[nH]n2c3cc(=O)cc2c13. The first kappa shape index (κ1) is 12.2. The number of carbonyl (C=O) groups excluding carboxylic acids is 1. The van der Waals surface area contributed by atoms with Crippen molar-refractivity contribution in [1.29, 1.82) is 0 Å². The molecule has 0 aliphatic rings. The molecule has 96 valence electrons. The molecule has 0 saturated carbocycles. The van der Waals surface area contributed by atoms with Crippen LogP contribution in [-0.2, 0) is 9.53 Å². The van der Waals surface area contributed by atoms with Crippen LogP contribution in [0.15, 0.2) is 16.9 Å². The van der Waals surface area contributed by atoms with Gasteiger partial charge in [-0.05, 0) is 20.8 Å². The first-order valence-corrected chi connectivity index (χ1v) is 5.49. The largest absolute Gasteiger partial charge is 0.462 e. The predicted molar refractivity (Wildman–Crippen MR) is 69.2 cm³/mol. The highest BCUT2D eigenvalue weighted by Gasteiger charge is 2.17. The maximum atomic E-state index is 10.9. The second kappa shape index (κ2) is 3.90. The Morgan fingerprint density at radius 1 is 1.33 bits per heavy atom. The summed E-state index contributed by atoms with van der Waals surface area (Å²) < 4.78 is 6.36. The van der Waals surface area contributed by atoms with E-state index >= 15 is 0 Å². The Kier molecular flexibility index (Phi) is 2.65. The fourth-order valence-corrected chi connectivity index (χ4v) is 1.73. The summed E-state index contributed by atoms with van der Waals surface area (Å²) in [6, 6.07) is 3.16. The smallest absolute Gasteiger partial charge is 0.293 e. The number of anilines is 1. The van der Waals surface area contributed by atoms with Crippen molar-refractivity contribution < 1.29 is 9.53 Å². The Morgan fingerprint density at radius 2 is 1.89 bits per heavy atom. The summed E-state index contributed by atoms with van der Waals surface area (Å²) in [5, 5.41) is 3.91. The second-order valence-electron chi connectivity index (χ2n) is 5.02. The van der Waals surface area contributed by atoms with Gasteiger partial charge in [-0.25, -0.2) is 0 Å². The highest BCUT2D eigenvalue weighted by atomic mass is 16.5. The Hall–Kier alpha value is -2.24. The first-order chi connectivity index (χ1) is 8.33. The third-order valence-electron chi connectivity index (χ3n) is 2.46. The fraction of sp³-hybridized carbons (Fsp3) is 0.333. The van der Waals surface area contributed by atoms with Crippen LogP contribution in [0.4, 0.5) is 5.82 Å². The third kappa shape index (κ3) is 1.97. The van der Waals surface area contributed by atoms with Gasteiger partial charge >= 0.3 is 0 Å². The summed E-state index contributed by atoms with van der Waals surface area (Å²) >= 11 is 0. The molecule has 0 amide bonds. The molecule has 4 aromatic rings. The quantitative estimate of drug-likeness (QED) is 0.634. The van der Waals surface area contributed by atoms with Gasteiger partial charge < -0.3 is 10.5 Å². The second-order valence-corrected chi connectivity index (χ2v) is 5.02. The van der Waals surface area contributed by atoms with Crippen molar-refractivity contribution in [3.05, 3.63) is 22.4 Å². The monoisotopic (exact) mass is 249 g/mol. The first-order valence-electron chi connectivity index (χ1n) is 5.49. The van der Waals surface area contributed by atoms with Crippen LogP contribution < -0.4 is 11.2 Å². The predicted octanol–water partition coefficient (Wildman–Crippen LogP) is 1.20. The van der Waals surface area contributed by atoms with Gasteiger partial charge in [-0.2, -0.15) is 0 Å². The van der Waals surface area contributed by atoms with Crippen molar-refractivity contribution in [2.75, 3.05) is 5.73 Å². The number of aromatic amines is 1. The lowest BCUT2D eigenvalue weighted by Crippen LogP contribution is -2.17. The van der Waals surface area contributed by atoms with E-state index in [9.17, 15) is 9.59 Å². The van der Waals surface area contributed by atoms with Crippen molar-refractivity contribution in [2.45, 2.75) is 26.4 Å². The molecule has 0 radical (unpaired) electrons. The van der Waals surface area contributed by atoms with Crippen LogP contribution in [0.1, 0.15) is 20.8 Å². The normalized spacial score (nSPS) is 11.7. The zero-order valence-corrected chi connectivity index (χ0v) is 10.5. The van der Waals surface area contributed by atoms with Gasteiger partial charge in [0.1, 0.15) is 11.4 Å². The van der Waals surface area contributed by atoms with Crippen molar-refractivity contribution >= 4 is 28.7 Å². The van der Waals surface area contributed by atoms with Crippen LogP contribution in [0, 0.1) is 0 Å². The summed E-state index contributed by atoms with van der Waals surface area (Å²) in [7, 11) is 0. The number of aromatic nitrogens is 2. The maximum absolute atomic E-state index is 10.9. The molecule has 4 bridgehead atoms. The van der Waals surface area contributed by atoms with Crippen LogP contribution in [0.2, 0.25) is 0 Å². The number of fused-ring (bicyclic) bond motifs is 1. The molecule has 4 heterocycles. The third-order valence-corrected chi connectivity index (χ3v) is 2.46. The Morgan fingerprint density at radius 3 is 2.17 bits per heavy atom. The summed E-state index contributed by atoms with van der Waals surface area (Å²) in [5.74, 6) is 0.648. The summed E-state index contributed by atoms with van der Waals surface area (Å²) in [4.78, 5) is 20.5. The van der Waals surface area contributed by atoms with Crippen molar-refractivity contribution in [1.82, 2.24) is 9.61 Å². The van der Waals surface area contributed by atoms with Gasteiger partial charge in [-0.3, -0.25) is 19.2 Å². The molecule has 0 aromatic carbocycles. The van der Waals surface area contributed by atoms with Gasteiger partial charge in [0.2, 0.25) is 0 Å². The lowest BCUT2D eigenvalue weighted by Gasteiger charge is -2.14. The number of hydrogen-bond donors (Lipinski definition) is 2. The number of nitrogens with zero attached hydrogens (tertiary/aromatic N) is 1. The highest BCUT2D eigenvalue weighted by Crippen LogP contribution is 2.31. The average molecular weight is 249 g/mol. The van der Waals surface area contributed by atoms with E-state index in [1.165, 1.54) is 0 Å². The zero-order valence-electron chi connectivity index (χ0n) is 10.5. The molecule has 4 aromatic heterocycles. The van der Waals surface area contributed by atoms with Crippen LogP contribution >= 0.6 is 0 Å². The number of pyridine rings is 1. The minimum atomic E-state index is -0.318. The molecule has 0 fully saturated rings. The minimum absolute atomic E-state index is 0.0477. The lowest BCUT2D eigenvalue weighted by atomic mass is 10.1. The van der Waals surface area contributed by atoms with Crippen molar-refractivity contribution in [3.8, 4) is 0 Å². The van der Waals surface area contributed by atoms with Crippen molar-refractivity contribution in [3.63, 3.8) is 0 Å². The number of hydrogen-bond acceptors (Lipinski definition) is 4. The topological polar surface area (TPSA) is 89.6 Å². The van der Waals surface area contributed by atoms with Gasteiger partial charge in [0, 0.05) is 12.1 Å². The number of nitrogens with two attached hydrogens (primary N) is 1. The molecular formula is C12H15N3O3. The van der Waals surface area contributed by atoms with E-state index in [1.54, 1.807) is 12.1 Å². The van der Waals surface area contributed by atoms with Crippen LogP contribution in [0.3, 0.4) is 0 Å². The van der Waals surface area contributed by atoms with E-state index in [0.29, 0.717) is 12.3 Å². The Labute approximate surface area is 103 Å². The Bertz CT molecular complexity index is 669. The minimum Gasteiger partial charge on any atom is -0.462 e. The molecule has 0 aliphatic carbocycles. The van der Waals surface area contributed by atoms with E-state index < -0.39 is 0 Å². The number of H-pyrrole nitrogens is 1. The van der Waals surface area contributed by atoms with Gasteiger partial charge in [0.15, 0.2) is 5.43 Å². The molecule has 0 unspecified atom stereocenters. The van der Waals surface area contributed by atoms with E-state index in [2.05, 4.69) is 9.84 Å². The van der Waals surface area contributed by atoms with Gasteiger partial charge in [-0.1, -0.05) is 0 Å². The molecule has 3 N–H and O–H groups in total. The number of nitrogen functional groups attached to an aromatic ring is 1. The number of ether oxygens (including phenoxy) is 1. The maximum Gasteiger partial charge on any atom is 0.293 e. The molecule has 6 heteroatoms. The number of benzene rings is 1. The van der Waals surface area contributed by atoms with Crippen LogP contribution in [0.25, 0.3) is 16.4 Å². The molecule has 0 atom stereocenters. The molecule has 18 heavy (non-hydrogen) atoms. The van der Waals surface area contributed by atoms with Crippen LogP contribution in [0.5, 0.6) is 0 Å². The lowest BCUT2D eigenvalue weighted by molar-refractivity contribution is -0.138. The summed E-state index contributed by atoms with van der Waals surface area (Å²) in [6.07, 6.45) is 0.